The highest BCUT2D eigenvalue weighted by atomic mass is 35.7. The molecule has 0 spiro atoms. The predicted octanol–water partition coefficient (Wildman–Crippen LogP) is 3.98. The van der Waals surface area contributed by atoms with Crippen molar-refractivity contribution in [2.24, 2.45) is 0 Å². The molecule has 0 unspecified atom stereocenters. The minimum absolute atomic E-state index is 0.919. The topological polar surface area (TPSA) is 17.8 Å². The lowest BCUT2D eigenvalue weighted by Crippen LogP contribution is -2.13. The van der Waals surface area contributed by atoms with Crippen molar-refractivity contribution in [2.75, 3.05) is 0 Å². The number of aromatic nitrogens is 2. The molecule has 0 atom stereocenters. The molecule has 86 valence electrons. The highest BCUT2D eigenvalue weighted by molar-refractivity contribution is 7.44. The van der Waals surface area contributed by atoms with E-state index < -0.39 is 6.69 Å². The van der Waals surface area contributed by atoms with Crippen LogP contribution in [0.3, 0.4) is 0 Å². The molecule has 16 heavy (non-hydrogen) atoms. The van der Waals surface area contributed by atoms with Crippen molar-refractivity contribution in [1.82, 2.24) is 9.55 Å². The summed E-state index contributed by atoms with van der Waals surface area (Å²) < 4.78 is 2.16. The number of hydrogen-bond donors (Lipinski definition) is 0. The maximum atomic E-state index is 6.07. The first-order chi connectivity index (χ1) is 7.56. The number of para-hydroxylation sites is 2. The highest BCUT2D eigenvalue weighted by Gasteiger charge is 2.19. The molecule has 2 aromatic rings. The van der Waals surface area contributed by atoms with E-state index in [1.54, 1.807) is 0 Å². The summed E-state index contributed by atoms with van der Waals surface area (Å²) in [5, 5.41) is 0. The number of benzene rings is 1. The van der Waals surface area contributed by atoms with E-state index in [2.05, 4.69) is 15.6 Å². The van der Waals surface area contributed by atoms with Crippen LogP contribution in [0.5, 0.6) is 0 Å². The van der Waals surface area contributed by atoms with Crippen molar-refractivity contribution in [3.8, 4) is 0 Å². The molecule has 0 aliphatic rings. The second-order valence-electron chi connectivity index (χ2n) is 4.10. The summed E-state index contributed by atoms with van der Waals surface area (Å²) >= 11 is 12.1. The zero-order chi connectivity index (χ0) is 11.6. The third-order valence-corrected chi connectivity index (χ3v) is 4.91. The van der Waals surface area contributed by atoms with E-state index in [0.29, 0.717) is 0 Å². The summed E-state index contributed by atoms with van der Waals surface area (Å²) in [4.78, 5) is 4.34. The van der Waals surface area contributed by atoms with Crippen LogP contribution < -0.4 is 0 Å². The smallest absolute Gasteiger partial charge is 0.248 e. The van der Waals surface area contributed by atoms with Crippen LogP contribution in [-0.4, -0.2) is 16.2 Å². The number of hydrogen-bond acceptors (Lipinski definition) is 1. The van der Waals surface area contributed by atoms with Gasteiger partial charge in [-0.3, -0.25) is 0 Å². The maximum Gasteiger partial charge on any atom is 0.248 e. The first kappa shape index (κ1) is 12.0. The molecule has 0 aliphatic carbocycles. The summed E-state index contributed by atoms with van der Waals surface area (Å²) in [6.45, 7) is 0.946. The van der Waals surface area contributed by atoms with Crippen molar-refractivity contribution in [3.63, 3.8) is 0 Å². The zero-order valence-electron chi connectivity index (χ0n) is 9.16. The molecule has 2 nitrogen and oxygen atoms in total. The van der Waals surface area contributed by atoms with Crippen LogP contribution in [0.2, 0.25) is 12.6 Å². The highest BCUT2D eigenvalue weighted by Crippen LogP contribution is 2.22. The summed E-state index contributed by atoms with van der Waals surface area (Å²) in [6.07, 6.45) is 2.89. The molecule has 0 saturated carbocycles. The average Bonchev–Trinajstić information content (AvgIpc) is 2.60. The van der Waals surface area contributed by atoms with Crippen molar-refractivity contribution in [3.05, 3.63) is 30.6 Å². The zero-order valence-corrected chi connectivity index (χ0v) is 11.7. The number of aryl methyl sites for hydroxylation is 1. The minimum atomic E-state index is -1.95. The fraction of sp³-hybridized carbons (Fsp3) is 0.364. The van der Waals surface area contributed by atoms with Crippen LogP contribution in [0.1, 0.15) is 6.42 Å². The van der Waals surface area contributed by atoms with Gasteiger partial charge in [-0.05, 0) is 31.1 Å². The van der Waals surface area contributed by atoms with Gasteiger partial charge in [0.25, 0.3) is 0 Å². The second kappa shape index (κ2) is 4.78. The molecular weight excluding hydrogens is 259 g/mol. The quantitative estimate of drug-likeness (QED) is 0.608. The Labute approximate surface area is 106 Å². The molecule has 2 rings (SSSR count). The van der Waals surface area contributed by atoms with Crippen molar-refractivity contribution in [2.45, 2.75) is 25.6 Å². The molecule has 1 aromatic carbocycles. The van der Waals surface area contributed by atoms with Gasteiger partial charge in [0.05, 0.1) is 17.4 Å². The number of nitrogens with zero attached hydrogens (tertiary/aromatic N) is 2. The molecule has 0 saturated heterocycles. The first-order valence-electron chi connectivity index (χ1n) is 5.34. The van der Waals surface area contributed by atoms with Gasteiger partial charge in [-0.15, -0.1) is 22.2 Å². The van der Waals surface area contributed by atoms with E-state index in [1.165, 1.54) is 5.52 Å². The molecule has 0 aliphatic heterocycles. The predicted molar refractivity (Wildman–Crippen MR) is 72.5 cm³/mol. The Morgan fingerprint density at radius 3 is 2.81 bits per heavy atom. The molecule has 0 fully saturated rings. The molecule has 0 N–H and O–H groups in total. The molecular formula is C11H14Cl2N2Si. The van der Waals surface area contributed by atoms with Gasteiger partial charge in [-0.1, -0.05) is 12.1 Å². The Bertz CT molecular complexity index is 476. The van der Waals surface area contributed by atoms with Crippen LogP contribution in [0.25, 0.3) is 11.0 Å². The fourth-order valence-electron chi connectivity index (χ4n) is 1.75. The maximum absolute atomic E-state index is 6.07. The summed E-state index contributed by atoms with van der Waals surface area (Å²) in [7, 11) is 0. The molecule has 1 heterocycles. The normalized spacial score (nSPS) is 12.2. The van der Waals surface area contributed by atoms with Crippen molar-refractivity contribution >= 4 is 39.9 Å². The molecule has 0 bridgehead atoms. The minimum Gasteiger partial charge on any atom is -0.331 e. The van der Waals surface area contributed by atoms with Gasteiger partial charge >= 0.3 is 0 Å². The van der Waals surface area contributed by atoms with Gasteiger partial charge in [-0.25, -0.2) is 4.98 Å². The number of rotatable bonds is 4. The molecule has 0 amide bonds. The van der Waals surface area contributed by atoms with Crippen LogP contribution in [-0.2, 0) is 6.54 Å². The Morgan fingerprint density at radius 1 is 1.31 bits per heavy atom. The first-order valence-corrected chi connectivity index (χ1v) is 10.1. The van der Waals surface area contributed by atoms with Gasteiger partial charge < -0.3 is 4.57 Å². The number of imidazole rings is 1. The van der Waals surface area contributed by atoms with Gasteiger partial charge in [0.2, 0.25) is 6.69 Å². The molecule has 5 heteroatoms. The van der Waals surface area contributed by atoms with E-state index in [9.17, 15) is 0 Å². The Balaban J connectivity index is 2.05. The Hall–Kier alpha value is -0.513. The number of fused-ring (bicyclic) bond motifs is 1. The lowest BCUT2D eigenvalue weighted by Gasteiger charge is -2.10. The molecule has 1 aromatic heterocycles. The van der Waals surface area contributed by atoms with Gasteiger partial charge in [-0.2, -0.15) is 0 Å². The summed E-state index contributed by atoms with van der Waals surface area (Å²) in [5.74, 6) is 0. The van der Waals surface area contributed by atoms with Crippen molar-refractivity contribution < 1.29 is 0 Å². The average molecular weight is 273 g/mol. The SMILES string of the molecule is C[Si](Cl)(Cl)CCCn1cnc2ccccc21. The van der Waals surface area contributed by atoms with E-state index in [-0.39, 0.29) is 0 Å². The van der Waals surface area contributed by atoms with Crippen molar-refractivity contribution in [1.29, 1.82) is 0 Å². The van der Waals surface area contributed by atoms with Gasteiger partial charge in [0.1, 0.15) is 0 Å². The largest absolute Gasteiger partial charge is 0.331 e. The third kappa shape index (κ3) is 3.00. The number of halogens is 2. The fourth-order valence-corrected chi connectivity index (χ4v) is 3.33. The Kier molecular flexibility index (Phi) is 3.57. The lowest BCUT2D eigenvalue weighted by molar-refractivity contribution is 0.694. The monoisotopic (exact) mass is 272 g/mol. The van der Waals surface area contributed by atoms with Gasteiger partial charge in [0, 0.05) is 6.54 Å². The van der Waals surface area contributed by atoms with Gasteiger partial charge in [0.15, 0.2) is 0 Å². The Morgan fingerprint density at radius 2 is 2.06 bits per heavy atom. The summed E-state index contributed by atoms with van der Waals surface area (Å²) in [5.41, 5.74) is 2.22. The van der Waals surface area contributed by atoms with E-state index in [4.69, 9.17) is 22.2 Å². The van der Waals surface area contributed by atoms with E-state index >= 15 is 0 Å². The summed E-state index contributed by atoms with van der Waals surface area (Å²) in [6, 6.07) is 9.06. The van der Waals surface area contributed by atoms with Crippen LogP contribution in [0.15, 0.2) is 30.6 Å². The molecule has 0 radical (unpaired) electrons. The lowest BCUT2D eigenvalue weighted by atomic mass is 10.3. The standard InChI is InChI=1S/C11H14Cl2N2Si/c1-16(12,13)8-4-7-15-9-14-10-5-2-3-6-11(10)15/h2-3,5-6,9H,4,7-8H2,1H3. The van der Waals surface area contributed by atoms with Crippen LogP contribution in [0, 0.1) is 0 Å². The van der Waals surface area contributed by atoms with Crippen LogP contribution >= 0.6 is 22.2 Å². The van der Waals surface area contributed by atoms with E-state index in [1.807, 2.05) is 31.1 Å². The third-order valence-electron chi connectivity index (χ3n) is 2.54. The van der Waals surface area contributed by atoms with Crippen LogP contribution in [0.4, 0.5) is 0 Å². The second-order valence-corrected chi connectivity index (χ2v) is 12.3. The van der Waals surface area contributed by atoms with E-state index in [0.717, 1.165) is 24.5 Å².